The summed E-state index contributed by atoms with van der Waals surface area (Å²) in [6.07, 6.45) is 5.87. The highest BCUT2D eigenvalue weighted by molar-refractivity contribution is 7.99. The number of ether oxygens (including phenoxy) is 1. The minimum absolute atomic E-state index is 0.233. The summed E-state index contributed by atoms with van der Waals surface area (Å²) in [7, 11) is 0. The maximum absolute atomic E-state index is 10.8. The molecule has 2 rings (SSSR count). The van der Waals surface area contributed by atoms with E-state index in [-0.39, 0.29) is 5.56 Å². The van der Waals surface area contributed by atoms with Gasteiger partial charge in [-0.1, -0.05) is 6.07 Å². The first kappa shape index (κ1) is 14.3. The van der Waals surface area contributed by atoms with Gasteiger partial charge in [0, 0.05) is 18.1 Å². The number of carboxylic acid groups (broad SMARTS) is 1. The first-order valence-electron chi connectivity index (χ1n) is 6.10. The van der Waals surface area contributed by atoms with Gasteiger partial charge in [-0.25, -0.2) is 9.78 Å². The Morgan fingerprint density at radius 3 is 3.00 bits per heavy atom. The third-order valence-corrected chi connectivity index (χ3v) is 3.43. The van der Waals surface area contributed by atoms with E-state index >= 15 is 0 Å². The molecule has 0 fully saturated rings. The molecule has 104 valence electrons. The summed E-state index contributed by atoms with van der Waals surface area (Å²) in [6.45, 7) is 0.538. The van der Waals surface area contributed by atoms with Crippen LogP contribution in [0.1, 0.15) is 16.8 Å². The predicted molar refractivity (Wildman–Crippen MR) is 76.3 cm³/mol. The van der Waals surface area contributed by atoms with Crippen molar-refractivity contribution in [3.63, 3.8) is 0 Å². The Bertz CT molecular complexity index is 563. The number of rotatable bonds is 7. The number of hydrogen-bond acceptors (Lipinski definition) is 5. The number of carboxylic acids is 1. The second-order valence-electron chi connectivity index (χ2n) is 3.93. The molecule has 5 nitrogen and oxygen atoms in total. The lowest BCUT2D eigenvalue weighted by molar-refractivity contribution is 0.0696. The molecule has 1 heterocycles. The van der Waals surface area contributed by atoms with Crippen molar-refractivity contribution in [1.29, 1.82) is 0 Å². The monoisotopic (exact) mass is 290 g/mol. The average molecular weight is 290 g/mol. The minimum atomic E-state index is -0.950. The van der Waals surface area contributed by atoms with Crippen LogP contribution in [0, 0.1) is 0 Å². The fourth-order valence-corrected chi connectivity index (χ4v) is 2.25. The molecule has 2 aromatic rings. The fraction of sp³-hybridized carbons (Fsp3) is 0.214. The third kappa shape index (κ3) is 4.55. The Morgan fingerprint density at radius 1 is 1.35 bits per heavy atom. The molecule has 0 amide bonds. The summed E-state index contributed by atoms with van der Waals surface area (Å²) in [5, 5.41) is 9.76. The van der Waals surface area contributed by atoms with Crippen molar-refractivity contribution in [2.75, 3.05) is 12.4 Å². The number of aromatic carboxylic acids is 1. The number of benzene rings is 1. The summed E-state index contributed by atoms with van der Waals surface area (Å²) in [5.41, 5.74) is 0.233. The van der Waals surface area contributed by atoms with E-state index in [9.17, 15) is 4.79 Å². The second kappa shape index (κ2) is 7.49. The Balaban J connectivity index is 1.71. The third-order valence-electron chi connectivity index (χ3n) is 2.43. The largest absolute Gasteiger partial charge is 0.494 e. The standard InChI is InChI=1S/C14H14N2O3S/c17-14(18)11-3-1-4-12(9-11)19-7-2-8-20-13-10-15-5-6-16-13/h1,3-6,9-10H,2,7-8H2,(H,17,18). The van der Waals surface area contributed by atoms with Gasteiger partial charge in [0.2, 0.25) is 0 Å². The second-order valence-corrected chi connectivity index (χ2v) is 5.04. The Labute approximate surface area is 121 Å². The van der Waals surface area contributed by atoms with Crippen LogP contribution in [0.5, 0.6) is 5.75 Å². The Hall–Kier alpha value is -2.08. The van der Waals surface area contributed by atoms with Crippen LogP contribution in [0.15, 0.2) is 47.9 Å². The SMILES string of the molecule is O=C(O)c1cccc(OCCCSc2cnccn2)c1. The highest BCUT2D eigenvalue weighted by Gasteiger charge is 2.03. The van der Waals surface area contributed by atoms with Crippen LogP contribution in [0.25, 0.3) is 0 Å². The molecule has 20 heavy (non-hydrogen) atoms. The molecular formula is C14H14N2O3S. The molecule has 1 aromatic heterocycles. The summed E-state index contributed by atoms with van der Waals surface area (Å²) in [4.78, 5) is 19.0. The summed E-state index contributed by atoms with van der Waals surface area (Å²) >= 11 is 1.62. The van der Waals surface area contributed by atoms with Gasteiger partial charge in [-0.15, -0.1) is 11.8 Å². The molecule has 1 N–H and O–H groups in total. The highest BCUT2D eigenvalue weighted by Crippen LogP contribution is 2.16. The van der Waals surface area contributed by atoms with Gasteiger partial charge in [-0.05, 0) is 24.6 Å². The smallest absolute Gasteiger partial charge is 0.335 e. The molecule has 0 saturated carbocycles. The summed E-state index contributed by atoms with van der Waals surface area (Å²) in [6, 6.07) is 6.49. The number of hydrogen-bond donors (Lipinski definition) is 1. The molecule has 1 aromatic carbocycles. The van der Waals surface area contributed by atoms with Gasteiger partial charge in [0.15, 0.2) is 0 Å². The van der Waals surface area contributed by atoms with Crippen LogP contribution in [-0.2, 0) is 0 Å². The molecule has 0 unspecified atom stereocenters. The van der Waals surface area contributed by atoms with Crippen LogP contribution < -0.4 is 4.74 Å². The van der Waals surface area contributed by atoms with E-state index in [0.717, 1.165) is 17.2 Å². The Kier molecular flexibility index (Phi) is 5.37. The number of thioether (sulfide) groups is 1. The maximum Gasteiger partial charge on any atom is 0.335 e. The molecule has 0 aliphatic carbocycles. The van der Waals surface area contributed by atoms with Gasteiger partial charge in [0.1, 0.15) is 10.8 Å². The zero-order valence-corrected chi connectivity index (χ0v) is 11.5. The van der Waals surface area contributed by atoms with Crippen LogP contribution in [0.3, 0.4) is 0 Å². The van der Waals surface area contributed by atoms with Crippen molar-refractivity contribution in [2.45, 2.75) is 11.4 Å². The van der Waals surface area contributed by atoms with Crippen LogP contribution in [-0.4, -0.2) is 33.4 Å². The van der Waals surface area contributed by atoms with Gasteiger partial charge in [-0.2, -0.15) is 0 Å². The van der Waals surface area contributed by atoms with Gasteiger partial charge < -0.3 is 9.84 Å². The molecule has 0 bridgehead atoms. The topological polar surface area (TPSA) is 72.3 Å². The van der Waals surface area contributed by atoms with Gasteiger partial charge in [0.05, 0.1) is 18.4 Å². The van der Waals surface area contributed by atoms with Crippen molar-refractivity contribution >= 4 is 17.7 Å². The molecule has 0 spiro atoms. The predicted octanol–water partition coefficient (Wildman–Crippen LogP) is 2.74. The molecule has 0 aliphatic heterocycles. The zero-order valence-electron chi connectivity index (χ0n) is 10.7. The van der Waals surface area contributed by atoms with E-state index in [1.165, 1.54) is 6.07 Å². The van der Waals surface area contributed by atoms with Crippen LogP contribution in [0.4, 0.5) is 0 Å². The van der Waals surface area contributed by atoms with Crippen molar-refractivity contribution in [2.24, 2.45) is 0 Å². The molecular weight excluding hydrogens is 276 g/mol. The van der Waals surface area contributed by atoms with E-state index in [4.69, 9.17) is 9.84 Å². The lowest BCUT2D eigenvalue weighted by Crippen LogP contribution is -2.01. The van der Waals surface area contributed by atoms with Gasteiger partial charge >= 0.3 is 5.97 Å². The van der Waals surface area contributed by atoms with Crippen molar-refractivity contribution < 1.29 is 14.6 Å². The number of aromatic nitrogens is 2. The quantitative estimate of drug-likeness (QED) is 0.624. The van der Waals surface area contributed by atoms with Crippen molar-refractivity contribution in [3.8, 4) is 5.75 Å². The van der Waals surface area contributed by atoms with Crippen molar-refractivity contribution in [1.82, 2.24) is 9.97 Å². The fourth-order valence-electron chi connectivity index (χ4n) is 1.50. The highest BCUT2D eigenvalue weighted by atomic mass is 32.2. The number of carbonyl (C=O) groups is 1. The van der Waals surface area contributed by atoms with Gasteiger partial charge in [0.25, 0.3) is 0 Å². The minimum Gasteiger partial charge on any atom is -0.494 e. The molecule has 6 heteroatoms. The summed E-state index contributed by atoms with van der Waals surface area (Å²) in [5.74, 6) is 0.500. The average Bonchev–Trinajstić information content (AvgIpc) is 2.48. The molecule has 0 atom stereocenters. The van der Waals surface area contributed by atoms with E-state index in [2.05, 4.69) is 9.97 Å². The summed E-state index contributed by atoms with van der Waals surface area (Å²) < 4.78 is 5.52. The first-order chi connectivity index (χ1) is 9.75. The lowest BCUT2D eigenvalue weighted by Gasteiger charge is -2.06. The normalized spacial score (nSPS) is 10.2. The van der Waals surface area contributed by atoms with E-state index in [1.54, 1.807) is 48.6 Å². The van der Waals surface area contributed by atoms with E-state index in [0.29, 0.717) is 12.4 Å². The number of nitrogens with zero attached hydrogens (tertiary/aromatic N) is 2. The van der Waals surface area contributed by atoms with Gasteiger partial charge in [-0.3, -0.25) is 4.98 Å². The molecule has 0 aliphatic rings. The zero-order chi connectivity index (χ0) is 14.2. The molecule has 0 saturated heterocycles. The Morgan fingerprint density at radius 2 is 2.25 bits per heavy atom. The van der Waals surface area contributed by atoms with E-state index < -0.39 is 5.97 Å². The lowest BCUT2D eigenvalue weighted by atomic mass is 10.2. The van der Waals surface area contributed by atoms with Crippen LogP contribution in [0.2, 0.25) is 0 Å². The van der Waals surface area contributed by atoms with Crippen LogP contribution >= 0.6 is 11.8 Å². The van der Waals surface area contributed by atoms with Crippen molar-refractivity contribution in [3.05, 3.63) is 48.4 Å². The van der Waals surface area contributed by atoms with E-state index in [1.807, 2.05) is 0 Å². The molecule has 0 radical (unpaired) electrons. The first-order valence-corrected chi connectivity index (χ1v) is 7.09. The maximum atomic E-state index is 10.8.